The number of nitrogens with zero attached hydrogens (tertiary/aromatic N) is 3. The predicted molar refractivity (Wildman–Crippen MR) is 80.2 cm³/mol. The molecule has 0 bridgehead atoms. The Labute approximate surface area is 125 Å². The second-order valence-corrected chi connectivity index (χ2v) is 5.85. The molecule has 2 rings (SSSR count). The predicted octanol–water partition coefficient (Wildman–Crippen LogP) is 2.88. The van der Waals surface area contributed by atoms with E-state index in [9.17, 15) is 15.2 Å². The van der Waals surface area contributed by atoms with E-state index in [2.05, 4.69) is 11.1 Å². The fraction of sp³-hybridized carbons (Fsp3) is 0.562. The molecular formula is C16H21N3O2. The molecule has 1 aromatic rings. The van der Waals surface area contributed by atoms with Crippen LogP contribution in [-0.2, 0) is 4.79 Å². The first-order valence-corrected chi connectivity index (χ1v) is 7.31. The van der Waals surface area contributed by atoms with E-state index in [1.54, 1.807) is 12.3 Å². The van der Waals surface area contributed by atoms with Crippen LogP contribution < -0.4 is 4.90 Å². The highest BCUT2D eigenvalue weighted by atomic mass is 16.4. The van der Waals surface area contributed by atoms with Gasteiger partial charge in [-0.2, -0.15) is 5.26 Å². The molecule has 0 amide bonds. The standard InChI is InChI=1S/C16H21N3O2/c1-12-6-9-18-15(13(12)11-17)19(2)16(10-14(20)21)7-4-3-5-8-16/h6,9H,3-5,7-8,10H2,1-2H3,(H,20,21). The number of rotatable bonds is 4. The Morgan fingerprint density at radius 3 is 2.71 bits per heavy atom. The van der Waals surface area contributed by atoms with Crippen LogP contribution in [0.4, 0.5) is 5.82 Å². The molecule has 0 atom stereocenters. The van der Waals surface area contributed by atoms with Gasteiger partial charge in [0.05, 0.1) is 17.5 Å². The highest BCUT2D eigenvalue weighted by Crippen LogP contribution is 2.39. The van der Waals surface area contributed by atoms with Crippen molar-refractivity contribution in [2.45, 2.75) is 51.0 Å². The van der Waals surface area contributed by atoms with Gasteiger partial charge in [-0.25, -0.2) is 4.98 Å². The maximum atomic E-state index is 11.3. The van der Waals surface area contributed by atoms with Crippen molar-refractivity contribution in [1.29, 1.82) is 5.26 Å². The molecule has 1 aliphatic rings. The van der Waals surface area contributed by atoms with E-state index in [-0.39, 0.29) is 6.42 Å². The number of hydrogen-bond acceptors (Lipinski definition) is 4. The minimum atomic E-state index is -0.796. The minimum Gasteiger partial charge on any atom is -0.481 e. The summed E-state index contributed by atoms with van der Waals surface area (Å²) in [5, 5.41) is 18.7. The third-order valence-corrected chi connectivity index (χ3v) is 4.54. The number of carboxylic acid groups (broad SMARTS) is 1. The van der Waals surface area contributed by atoms with Gasteiger partial charge in [-0.1, -0.05) is 19.3 Å². The molecule has 112 valence electrons. The van der Waals surface area contributed by atoms with Crippen LogP contribution in [0, 0.1) is 18.3 Å². The zero-order valence-electron chi connectivity index (χ0n) is 12.6. The Hall–Kier alpha value is -2.09. The van der Waals surface area contributed by atoms with Crippen LogP contribution in [0.2, 0.25) is 0 Å². The van der Waals surface area contributed by atoms with Gasteiger partial charge >= 0.3 is 5.97 Å². The van der Waals surface area contributed by atoms with E-state index in [4.69, 9.17) is 0 Å². The Balaban J connectivity index is 2.43. The number of aromatic nitrogens is 1. The number of pyridine rings is 1. The third-order valence-electron chi connectivity index (χ3n) is 4.54. The van der Waals surface area contributed by atoms with Gasteiger partial charge in [0.1, 0.15) is 11.9 Å². The van der Waals surface area contributed by atoms with Crippen LogP contribution >= 0.6 is 0 Å². The van der Waals surface area contributed by atoms with Crippen molar-refractivity contribution in [2.75, 3.05) is 11.9 Å². The van der Waals surface area contributed by atoms with Crippen molar-refractivity contribution in [3.8, 4) is 6.07 Å². The summed E-state index contributed by atoms with van der Waals surface area (Å²) in [7, 11) is 1.87. The largest absolute Gasteiger partial charge is 0.481 e. The van der Waals surface area contributed by atoms with E-state index in [0.717, 1.165) is 37.7 Å². The fourth-order valence-corrected chi connectivity index (χ4v) is 3.28. The summed E-state index contributed by atoms with van der Waals surface area (Å²) >= 11 is 0. The van der Waals surface area contributed by atoms with Crippen LogP contribution in [-0.4, -0.2) is 28.6 Å². The van der Waals surface area contributed by atoms with Gasteiger partial charge < -0.3 is 10.0 Å². The average molecular weight is 287 g/mol. The highest BCUT2D eigenvalue weighted by molar-refractivity contribution is 5.70. The van der Waals surface area contributed by atoms with Gasteiger partial charge in [0.2, 0.25) is 0 Å². The Kier molecular flexibility index (Phi) is 4.46. The number of nitriles is 1. The fourth-order valence-electron chi connectivity index (χ4n) is 3.28. The maximum absolute atomic E-state index is 11.3. The zero-order chi connectivity index (χ0) is 15.5. The van der Waals surface area contributed by atoms with E-state index in [1.165, 1.54) is 0 Å². The van der Waals surface area contributed by atoms with Gasteiger partial charge in [0.25, 0.3) is 0 Å². The molecule has 0 spiro atoms. The first kappa shape index (κ1) is 15.3. The molecule has 1 aliphatic carbocycles. The molecule has 5 nitrogen and oxygen atoms in total. The van der Waals surface area contributed by atoms with Gasteiger partial charge in [0.15, 0.2) is 0 Å². The maximum Gasteiger partial charge on any atom is 0.305 e. The molecular weight excluding hydrogens is 266 g/mol. The zero-order valence-corrected chi connectivity index (χ0v) is 12.6. The molecule has 1 heterocycles. The number of anilines is 1. The summed E-state index contributed by atoms with van der Waals surface area (Å²) < 4.78 is 0. The van der Waals surface area contributed by atoms with E-state index < -0.39 is 11.5 Å². The van der Waals surface area contributed by atoms with Crippen LogP contribution in [0.5, 0.6) is 0 Å². The average Bonchev–Trinajstić information content (AvgIpc) is 2.46. The van der Waals surface area contributed by atoms with E-state index in [1.807, 2.05) is 18.9 Å². The number of carboxylic acids is 1. The van der Waals surface area contributed by atoms with Crippen molar-refractivity contribution >= 4 is 11.8 Å². The van der Waals surface area contributed by atoms with Crippen molar-refractivity contribution in [3.63, 3.8) is 0 Å². The van der Waals surface area contributed by atoms with Crippen LogP contribution in [0.25, 0.3) is 0 Å². The Morgan fingerprint density at radius 1 is 1.48 bits per heavy atom. The van der Waals surface area contributed by atoms with Crippen molar-refractivity contribution < 1.29 is 9.90 Å². The lowest BCUT2D eigenvalue weighted by molar-refractivity contribution is -0.138. The number of carbonyl (C=O) groups is 1. The SMILES string of the molecule is Cc1ccnc(N(C)C2(CC(=O)O)CCCCC2)c1C#N. The summed E-state index contributed by atoms with van der Waals surface area (Å²) in [5.74, 6) is -0.199. The van der Waals surface area contributed by atoms with Crippen molar-refractivity contribution in [1.82, 2.24) is 4.98 Å². The molecule has 1 saturated carbocycles. The second-order valence-electron chi connectivity index (χ2n) is 5.85. The third kappa shape index (κ3) is 2.99. The monoisotopic (exact) mass is 287 g/mol. The molecule has 1 aromatic heterocycles. The Bertz CT molecular complexity index is 571. The van der Waals surface area contributed by atoms with Gasteiger partial charge in [-0.05, 0) is 31.4 Å². The van der Waals surface area contributed by atoms with Gasteiger partial charge in [0, 0.05) is 13.2 Å². The summed E-state index contributed by atoms with van der Waals surface area (Å²) in [6.45, 7) is 1.88. The smallest absolute Gasteiger partial charge is 0.305 e. The van der Waals surface area contributed by atoms with Crippen molar-refractivity contribution in [2.24, 2.45) is 0 Å². The summed E-state index contributed by atoms with van der Waals surface area (Å²) in [4.78, 5) is 17.6. The highest BCUT2D eigenvalue weighted by Gasteiger charge is 2.39. The van der Waals surface area contributed by atoms with Crippen molar-refractivity contribution in [3.05, 3.63) is 23.4 Å². The molecule has 0 unspecified atom stereocenters. The second kappa shape index (κ2) is 6.13. The van der Waals surface area contributed by atoms with Crippen LogP contribution in [0.15, 0.2) is 12.3 Å². The molecule has 21 heavy (non-hydrogen) atoms. The first-order valence-electron chi connectivity index (χ1n) is 7.31. The first-order chi connectivity index (χ1) is 10.00. The number of hydrogen-bond donors (Lipinski definition) is 1. The van der Waals surface area contributed by atoms with Crippen LogP contribution in [0.1, 0.15) is 49.7 Å². The molecule has 0 aliphatic heterocycles. The lowest BCUT2D eigenvalue weighted by Gasteiger charge is -2.44. The van der Waals surface area contributed by atoms with E-state index >= 15 is 0 Å². The lowest BCUT2D eigenvalue weighted by Crippen LogP contribution is -2.50. The molecule has 0 radical (unpaired) electrons. The summed E-state index contributed by atoms with van der Waals surface area (Å²) in [6.07, 6.45) is 6.61. The number of aryl methyl sites for hydroxylation is 1. The lowest BCUT2D eigenvalue weighted by atomic mass is 9.78. The summed E-state index contributed by atoms with van der Waals surface area (Å²) in [6, 6.07) is 4.01. The topological polar surface area (TPSA) is 77.2 Å². The quantitative estimate of drug-likeness (QED) is 0.921. The minimum absolute atomic E-state index is 0.0873. The van der Waals surface area contributed by atoms with E-state index in [0.29, 0.717) is 11.4 Å². The van der Waals surface area contributed by atoms with Gasteiger partial charge in [-0.3, -0.25) is 4.79 Å². The molecule has 0 aromatic carbocycles. The molecule has 1 N–H and O–H groups in total. The molecule has 5 heteroatoms. The molecule has 0 saturated heterocycles. The molecule has 1 fully saturated rings. The van der Waals surface area contributed by atoms with Gasteiger partial charge in [-0.15, -0.1) is 0 Å². The van der Waals surface area contributed by atoms with Crippen LogP contribution in [0.3, 0.4) is 0 Å². The number of aliphatic carboxylic acids is 1. The summed E-state index contributed by atoms with van der Waals surface area (Å²) in [5.41, 5.74) is 0.974. The normalized spacial score (nSPS) is 17.0. The Morgan fingerprint density at radius 2 is 2.14 bits per heavy atom.